The van der Waals surface area contributed by atoms with Crippen LogP contribution in [0.15, 0.2) is 23.0 Å². The van der Waals surface area contributed by atoms with Crippen molar-refractivity contribution in [2.45, 2.75) is 72.0 Å². The van der Waals surface area contributed by atoms with Gasteiger partial charge in [0.2, 0.25) is 5.91 Å². The summed E-state index contributed by atoms with van der Waals surface area (Å²) in [5.41, 5.74) is 1.75. The van der Waals surface area contributed by atoms with Gasteiger partial charge in [-0.3, -0.25) is 14.5 Å². The number of carbonyl (C=O) groups is 1. The van der Waals surface area contributed by atoms with Crippen LogP contribution < -0.4 is 10.9 Å². The van der Waals surface area contributed by atoms with Crippen LogP contribution in [-0.4, -0.2) is 45.8 Å². The predicted octanol–water partition coefficient (Wildman–Crippen LogP) is 2.82. The molecule has 1 aliphatic rings. The molecular weight excluding hydrogens is 352 g/mol. The van der Waals surface area contributed by atoms with Crippen molar-refractivity contribution in [3.05, 3.63) is 39.8 Å². The number of benzene rings is 1. The van der Waals surface area contributed by atoms with Crippen molar-refractivity contribution < 1.29 is 4.79 Å². The van der Waals surface area contributed by atoms with Crippen molar-refractivity contribution in [1.82, 2.24) is 20.0 Å². The van der Waals surface area contributed by atoms with Gasteiger partial charge in [-0.25, -0.2) is 4.68 Å². The lowest BCUT2D eigenvalue weighted by molar-refractivity contribution is -0.123. The molecule has 1 aromatic carbocycles. The molecule has 6 heteroatoms. The molecule has 6 nitrogen and oxygen atoms in total. The first-order chi connectivity index (χ1) is 13.3. The van der Waals surface area contributed by atoms with Crippen molar-refractivity contribution in [3.63, 3.8) is 0 Å². The molecule has 0 radical (unpaired) electrons. The number of nitrogens with zero attached hydrogens (tertiary/aromatic N) is 3. The van der Waals surface area contributed by atoms with E-state index in [1.807, 2.05) is 25.1 Å². The lowest BCUT2D eigenvalue weighted by atomic mass is 10.0. The molecule has 1 amide bonds. The number of amides is 1. The van der Waals surface area contributed by atoms with E-state index in [2.05, 4.69) is 43.0 Å². The normalized spacial score (nSPS) is 18.2. The second-order valence-corrected chi connectivity index (χ2v) is 8.55. The van der Waals surface area contributed by atoms with Crippen LogP contribution >= 0.6 is 0 Å². The van der Waals surface area contributed by atoms with Gasteiger partial charge in [-0.15, -0.1) is 0 Å². The van der Waals surface area contributed by atoms with Gasteiger partial charge >= 0.3 is 0 Å². The maximum absolute atomic E-state index is 12.9. The highest BCUT2D eigenvalue weighted by Gasteiger charge is 2.23. The predicted molar refractivity (Wildman–Crippen MR) is 113 cm³/mol. The Bertz CT molecular complexity index is 917. The molecule has 1 N–H and O–H groups in total. The summed E-state index contributed by atoms with van der Waals surface area (Å²) in [5, 5.41) is 9.17. The first-order valence-electron chi connectivity index (χ1n) is 10.3. The Labute approximate surface area is 166 Å². The third kappa shape index (κ3) is 4.43. The molecule has 0 spiro atoms. The van der Waals surface area contributed by atoms with Gasteiger partial charge in [0.1, 0.15) is 6.54 Å². The Morgan fingerprint density at radius 3 is 2.68 bits per heavy atom. The van der Waals surface area contributed by atoms with Gasteiger partial charge in [0, 0.05) is 24.0 Å². The molecule has 0 saturated carbocycles. The Balaban J connectivity index is 1.82. The van der Waals surface area contributed by atoms with Crippen molar-refractivity contribution in [2.24, 2.45) is 0 Å². The lowest BCUT2D eigenvalue weighted by Gasteiger charge is -2.35. The van der Waals surface area contributed by atoms with Gasteiger partial charge in [-0.1, -0.05) is 25.5 Å². The highest BCUT2D eigenvalue weighted by atomic mass is 16.2. The number of hydrogen-bond acceptors (Lipinski definition) is 4. The third-order valence-electron chi connectivity index (χ3n) is 5.53. The van der Waals surface area contributed by atoms with E-state index in [0.717, 1.165) is 42.6 Å². The van der Waals surface area contributed by atoms with E-state index >= 15 is 0 Å². The fraction of sp³-hybridized carbons (Fsp3) is 0.591. The zero-order valence-corrected chi connectivity index (χ0v) is 17.7. The smallest absolute Gasteiger partial charge is 0.275 e. The summed E-state index contributed by atoms with van der Waals surface area (Å²) in [6, 6.07) is 6.39. The average Bonchev–Trinajstić information content (AvgIpc) is 2.63. The minimum Gasteiger partial charge on any atom is -0.350 e. The van der Waals surface area contributed by atoms with E-state index in [4.69, 9.17) is 0 Å². The molecule has 3 rings (SSSR count). The first kappa shape index (κ1) is 20.5. The molecule has 0 bridgehead atoms. The Morgan fingerprint density at radius 2 is 2.00 bits per heavy atom. The quantitative estimate of drug-likeness (QED) is 0.861. The number of hydrogen-bond donors (Lipinski definition) is 1. The summed E-state index contributed by atoms with van der Waals surface area (Å²) in [4.78, 5) is 27.9. The van der Waals surface area contributed by atoms with Crippen LogP contribution in [0.25, 0.3) is 10.8 Å². The summed E-state index contributed by atoms with van der Waals surface area (Å²) >= 11 is 0. The number of likely N-dealkylation sites (tertiary alicyclic amines) is 1. The average molecular weight is 385 g/mol. The van der Waals surface area contributed by atoms with Gasteiger partial charge in [0.25, 0.3) is 5.56 Å². The van der Waals surface area contributed by atoms with Crippen molar-refractivity contribution >= 4 is 16.7 Å². The minimum atomic E-state index is -0.206. The zero-order chi connectivity index (χ0) is 20.4. The summed E-state index contributed by atoms with van der Waals surface area (Å²) in [5.74, 6) is 0.0172. The number of fused-ring (bicyclic) bond motifs is 1. The van der Waals surface area contributed by atoms with E-state index in [1.165, 1.54) is 4.68 Å². The first-order valence-corrected chi connectivity index (χ1v) is 10.3. The summed E-state index contributed by atoms with van der Waals surface area (Å²) < 4.78 is 1.32. The van der Waals surface area contributed by atoms with Crippen molar-refractivity contribution in [1.29, 1.82) is 0 Å². The van der Waals surface area contributed by atoms with Crippen LogP contribution in [0.1, 0.15) is 57.7 Å². The van der Waals surface area contributed by atoms with Crippen LogP contribution in [0.4, 0.5) is 0 Å². The van der Waals surface area contributed by atoms with E-state index in [0.29, 0.717) is 11.4 Å². The van der Waals surface area contributed by atoms with Crippen molar-refractivity contribution in [3.8, 4) is 0 Å². The molecule has 2 aromatic rings. The fourth-order valence-electron chi connectivity index (χ4n) is 3.96. The molecule has 152 valence electrons. The summed E-state index contributed by atoms with van der Waals surface area (Å²) in [6.45, 7) is 12.4. The number of aryl methyl sites for hydroxylation is 1. The Hall–Kier alpha value is -2.21. The number of rotatable bonds is 5. The van der Waals surface area contributed by atoms with Gasteiger partial charge < -0.3 is 5.32 Å². The zero-order valence-electron chi connectivity index (χ0n) is 17.7. The molecule has 28 heavy (non-hydrogen) atoms. The van der Waals surface area contributed by atoms with Gasteiger partial charge in [-0.2, -0.15) is 5.10 Å². The maximum atomic E-state index is 12.9. The summed E-state index contributed by atoms with van der Waals surface area (Å²) in [6.07, 6.45) is 2.06. The molecule has 1 fully saturated rings. The van der Waals surface area contributed by atoms with Gasteiger partial charge in [0.15, 0.2) is 0 Å². The van der Waals surface area contributed by atoms with Crippen LogP contribution in [0.2, 0.25) is 0 Å². The second-order valence-electron chi connectivity index (χ2n) is 8.55. The topological polar surface area (TPSA) is 67.2 Å². The maximum Gasteiger partial charge on any atom is 0.275 e. The van der Waals surface area contributed by atoms with Gasteiger partial charge in [-0.05, 0) is 58.2 Å². The van der Waals surface area contributed by atoms with Crippen LogP contribution in [-0.2, 0) is 11.3 Å². The number of piperidine rings is 1. The largest absolute Gasteiger partial charge is 0.350 e. The number of nitrogens with one attached hydrogen (secondary N) is 1. The minimum absolute atomic E-state index is 0.0411. The monoisotopic (exact) mass is 384 g/mol. The molecule has 0 aliphatic carbocycles. The second kappa shape index (κ2) is 8.43. The third-order valence-corrected chi connectivity index (χ3v) is 5.53. The lowest BCUT2D eigenvalue weighted by Crippen LogP contribution is -2.50. The molecule has 2 heterocycles. The van der Waals surface area contributed by atoms with Crippen LogP contribution in [0, 0.1) is 6.92 Å². The number of carbonyl (C=O) groups excluding carboxylic acids is 1. The van der Waals surface area contributed by atoms with E-state index in [9.17, 15) is 9.59 Å². The van der Waals surface area contributed by atoms with Gasteiger partial charge in [0.05, 0.1) is 11.1 Å². The molecule has 1 aromatic heterocycles. The van der Waals surface area contributed by atoms with E-state index in [1.54, 1.807) is 0 Å². The molecule has 1 saturated heterocycles. The Morgan fingerprint density at radius 1 is 1.25 bits per heavy atom. The van der Waals surface area contributed by atoms with Crippen LogP contribution in [0.5, 0.6) is 0 Å². The molecule has 0 unspecified atom stereocenters. The highest BCUT2D eigenvalue weighted by Crippen LogP contribution is 2.22. The fourth-order valence-corrected chi connectivity index (χ4v) is 3.96. The Kier molecular flexibility index (Phi) is 6.18. The van der Waals surface area contributed by atoms with Crippen molar-refractivity contribution in [2.75, 3.05) is 13.1 Å². The highest BCUT2D eigenvalue weighted by molar-refractivity contribution is 5.85. The molecule has 1 aliphatic heterocycles. The molecule has 1 atom stereocenters. The number of aromatic nitrogens is 2. The van der Waals surface area contributed by atoms with Crippen LogP contribution in [0.3, 0.4) is 0 Å². The van der Waals surface area contributed by atoms with E-state index in [-0.39, 0.29) is 30.0 Å². The molecular formula is C22H32N4O2. The standard InChI is InChI=1S/C22H32N4O2/c1-14(2)21-19-11-16(5)8-9-18(19)22(28)26(24-21)13-20(27)23-17-7-6-10-25(12-17)15(3)4/h8-9,11,14-15,17H,6-7,10,12-13H2,1-5H3,(H,23,27)/t17-/m1/s1. The SMILES string of the molecule is Cc1ccc2c(=O)n(CC(=O)N[C@@H]3CCCN(C(C)C)C3)nc(C(C)C)c2c1. The van der Waals surface area contributed by atoms with E-state index < -0.39 is 0 Å². The summed E-state index contributed by atoms with van der Waals surface area (Å²) in [7, 11) is 0.